The second kappa shape index (κ2) is 5.37. The van der Waals surface area contributed by atoms with Crippen LogP contribution >= 0.6 is 12.2 Å². The quantitative estimate of drug-likeness (QED) is 0.793. The first-order valence-electron chi connectivity index (χ1n) is 7.62. The molecular weight excluding hydrogens is 256 g/mol. The molecule has 0 spiro atoms. The zero-order valence-corrected chi connectivity index (χ0v) is 12.8. The van der Waals surface area contributed by atoms with E-state index in [2.05, 4.69) is 23.3 Å². The van der Waals surface area contributed by atoms with Gasteiger partial charge >= 0.3 is 0 Å². The molecule has 1 aromatic rings. The Balaban J connectivity index is 1.82. The molecule has 2 fully saturated rings. The van der Waals surface area contributed by atoms with Crippen molar-refractivity contribution in [1.82, 2.24) is 19.2 Å². The number of hydrogen-bond donors (Lipinski definition) is 0. The molecule has 0 aromatic carbocycles. The van der Waals surface area contributed by atoms with E-state index in [1.807, 2.05) is 4.68 Å². The van der Waals surface area contributed by atoms with Crippen LogP contribution in [0.15, 0.2) is 0 Å². The lowest BCUT2D eigenvalue weighted by Gasteiger charge is -2.32. The van der Waals surface area contributed by atoms with Gasteiger partial charge in [-0.2, -0.15) is 5.10 Å². The summed E-state index contributed by atoms with van der Waals surface area (Å²) in [6.07, 6.45) is 6.54. The van der Waals surface area contributed by atoms with E-state index in [4.69, 9.17) is 17.3 Å². The SMILES string of the molecule is CCn1c(C2CC2)nn(CN2CCCC[C@H]2C)c1=S. The predicted molar refractivity (Wildman–Crippen MR) is 78.7 cm³/mol. The fourth-order valence-corrected chi connectivity index (χ4v) is 3.35. The van der Waals surface area contributed by atoms with E-state index < -0.39 is 0 Å². The van der Waals surface area contributed by atoms with Crippen molar-refractivity contribution in [1.29, 1.82) is 0 Å². The maximum absolute atomic E-state index is 5.60. The Bertz CT molecular complexity index is 500. The van der Waals surface area contributed by atoms with E-state index in [0.717, 1.165) is 18.0 Å². The summed E-state index contributed by atoms with van der Waals surface area (Å²) in [5, 5.41) is 4.80. The summed E-state index contributed by atoms with van der Waals surface area (Å²) in [4.78, 5) is 2.52. The zero-order chi connectivity index (χ0) is 13.4. The number of rotatable bonds is 4. The second-order valence-corrected chi connectivity index (χ2v) is 6.32. The van der Waals surface area contributed by atoms with Crippen LogP contribution in [0.1, 0.15) is 57.7 Å². The van der Waals surface area contributed by atoms with Gasteiger partial charge in [0.05, 0.1) is 6.67 Å². The lowest BCUT2D eigenvalue weighted by Crippen LogP contribution is -2.39. The van der Waals surface area contributed by atoms with Crippen LogP contribution in [0.25, 0.3) is 0 Å². The molecule has 1 saturated carbocycles. The number of likely N-dealkylation sites (tertiary alicyclic amines) is 1. The fourth-order valence-electron chi connectivity index (χ4n) is 3.03. The van der Waals surface area contributed by atoms with E-state index in [0.29, 0.717) is 12.0 Å². The Morgan fingerprint density at radius 3 is 2.68 bits per heavy atom. The molecule has 2 aliphatic rings. The van der Waals surface area contributed by atoms with Crippen LogP contribution in [0.2, 0.25) is 0 Å². The van der Waals surface area contributed by atoms with Gasteiger partial charge in [-0.25, -0.2) is 4.68 Å². The highest BCUT2D eigenvalue weighted by Gasteiger charge is 2.30. The number of nitrogens with zero attached hydrogens (tertiary/aromatic N) is 4. The molecule has 2 heterocycles. The minimum atomic E-state index is 0.659. The number of hydrogen-bond acceptors (Lipinski definition) is 3. The number of aromatic nitrogens is 3. The molecule has 0 N–H and O–H groups in total. The van der Waals surface area contributed by atoms with Crippen molar-refractivity contribution in [2.75, 3.05) is 6.54 Å². The van der Waals surface area contributed by atoms with Crippen LogP contribution in [-0.4, -0.2) is 31.8 Å². The summed E-state index contributed by atoms with van der Waals surface area (Å²) in [6, 6.07) is 0.659. The third-order valence-electron chi connectivity index (χ3n) is 4.47. The first-order valence-corrected chi connectivity index (χ1v) is 8.03. The summed E-state index contributed by atoms with van der Waals surface area (Å²) in [6.45, 7) is 7.48. The highest BCUT2D eigenvalue weighted by molar-refractivity contribution is 7.71. The molecule has 1 aliphatic heterocycles. The van der Waals surface area contributed by atoms with Gasteiger partial charge in [-0.3, -0.25) is 4.90 Å². The Hall–Kier alpha value is -0.680. The van der Waals surface area contributed by atoms with E-state index in [9.17, 15) is 0 Å². The summed E-state index contributed by atoms with van der Waals surface area (Å²) < 4.78 is 5.18. The molecule has 5 heteroatoms. The normalized spacial score (nSPS) is 24.8. The van der Waals surface area contributed by atoms with Crippen LogP contribution in [-0.2, 0) is 13.2 Å². The van der Waals surface area contributed by atoms with E-state index in [-0.39, 0.29) is 0 Å². The molecule has 4 nitrogen and oxygen atoms in total. The van der Waals surface area contributed by atoms with Gasteiger partial charge in [-0.1, -0.05) is 6.42 Å². The van der Waals surface area contributed by atoms with Gasteiger partial charge in [0.15, 0.2) is 4.77 Å². The molecule has 19 heavy (non-hydrogen) atoms. The van der Waals surface area contributed by atoms with Crippen LogP contribution in [0.5, 0.6) is 0 Å². The summed E-state index contributed by atoms with van der Waals surface area (Å²) in [7, 11) is 0. The van der Waals surface area contributed by atoms with Crippen molar-refractivity contribution < 1.29 is 0 Å². The smallest absolute Gasteiger partial charge is 0.199 e. The average Bonchev–Trinajstić information content (AvgIpc) is 3.19. The lowest BCUT2D eigenvalue weighted by molar-refractivity contribution is 0.114. The highest BCUT2D eigenvalue weighted by Crippen LogP contribution is 2.39. The molecule has 1 aliphatic carbocycles. The van der Waals surface area contributed by atoms with Crippen molar-refractivity contribution in [3.8, 4) is 0 Å². The third-order valence-corrected chi connectivity index (χ3v) is 4.90. The molecular formula is C14H24N4S. The first kappa shape index (κ1) is 13.3. The Morgan fingerprint density at radius 1 is 1.26 bits per heavy atom. The standard InChI is InChI=1S/C14H24N4S/c1-3-17-13(12-7-8-12)15-18(14(17)19)10-16-9-5-4-6-11(16)2/h11-12H,3-10H2,1-2H3/t11-/m1/s1. The van der Waals surface area contributed by atoms with Gasteiger partial charge in [0, 0.05) is 25.0 Å². The summed E-state index contributed by atoms with van der Waals surface area (Å²) >= 11 is 5.60. The first-order chi connectivity index (χ1) is 9.20. The van der Waals surface area contributed by atoms with Crippen LogP contribution in [0.4, 0.5) is 0 Å². The molecule has 0 unspecified atom stereocenters. The summed E-state index contributed by atoms with van der Waals surface area (Å²) in [5.41, 5.74) is 0. The maximum Gasteiger partial charge on any atom is 0.199 e. The van der Waals surface area contributed by atoms with Crippen LogP contribution < -0.4 is 0 Å². The van der Waals surface area contributed by atoms with E-state index >= 15 is 0 Å². The largest absolute Gasteiger partial charge is 0.304 e. The van der Waals surface area contributed by atoms with Gasteiger partial charge in [0.1, 0.15) is 5.82 Å². The molecule has 3 rings (SSSR count). The van der Waals surface area contributed by atoms with Crippen LogP contribution in [0, 0.1) is 4.77 Å². The molecule has 0 radical (unpaired) electrons. The predicted octanol–water partition coefficient (Wildman–Crippen LogP) is 3.14. The van der Waals surface area contributed by atoms with Gasteiger partial charge in [-0.15, -0.1) is 0 Å². The molecule has 1 aromatic heterocycles. The summed E-state index contributed by atoms with van der Waals surface area (Å²) in [5.74, 6) is 1.89. The minimum absolute atomic E-state index is 0.659. The van der Waals surface area contributed by atoms with Crippen molar-refractivity contribution in [3.63, 3.8) is 0 Å². The molecule has 106 valence electrons. The number of piperidine rings is 1. The van der Waals surface area contributed by atoms with E-state index in [1.54, 1.807) is 0 Å². The molecule has 1 saturated heterocycles. The average molecular weight is 280 g/mol. The van der Waals surface area contributed by atoms with E-state index in [1.165, 1.54) is 44.5 Å². The molecule has 0 bridgehead atoms. The molecule has 1 atom stereocenters. The Kier molecular flexibility index (Phi) is 3.76. The monoisotopic (exact) mass is 280 g/mol. The fraction of sp³-hybridized carbons (Fsp3) is 0.857. The van der Waals surface area contributed by atoms with Crippen molar-refractivity contribution in [2.45, 2.75) is 71.1 Å². The zero-order valence-electron chi connectivity index (χ0n) is 12.0. The lowest BCUT2D eigenvalue weighted by atomic mass is 10.0. The Morgan fingerprint density at radius 2 is 2.05 bits per heavy atom. The third kappa shape index (κ3) is 2.63. The van der Waals surface area contributed by atoms with Gasteiger partial charge in [0.2, 0.25) is 0 Å². The minimum Gasteiger partial charge on any atom is -0.304 e. The van der Waals surface area contributed by atoms with Gasteiger partial charge in [0.25, 0.3) is 0 Å². The maximum atomic E-state index is 5.60. The van der Waals surface area contributed by atoms with Gasteiger partial charge in [-0.05, 0) is 51.7 Å². The van der Waals surface area contributed by atoms with Crippen molar-refractivity contribution >= 4 is 12.2 Å². The van der Waals surface area contributed by atoms with Crippen molar-refractivity contribution in [3.05, 3.63) is 10.6 Å². The van der Waals surface area contributed by atoms with Gasteiger partial charge < -0.3 is 4.57 Å². The topological polar surface area (TPSA) is 26.0 Å². The second-order valence-electron chi connectivity index (χ2n) is 5.96. The van der Waals surface area contributed by atoms with Crippen molar-refractivity contribution in [2.24, 2.45) is 0 Å². The Labute approximate surface area is 120 Å². The van der Waals surface area contributed by atoms with Crippen LogP contribution in [0.3, 0.4) is 0 Å². The molecule has 0 amide bonds. The highest BCUT2D eigenvalue weighted by atomic mass is 32.1.